The van der Waals surface area contributed by atoms with Crippen LogP contribution in [0.1, 0.15) is 29.7 Å². The van der Waals surface area contributed by atoms with Crippen LogP contribution < -0.4 is 5.32 Å². The van der Waals surface area contributed by atoms with Crippen LogP contribution in [-0.4, -0.2) is 34.8 Å². The number of nitrogens with zero attached hydrogens (tertiary/aromatic N) is 2. The van der Waals surface area contributed by atoms with E-state index in [1.54, 1.807) is 18.4 Å². The first-order valence-electron chi connectivity index (χ1n) is 6.09. The SMILES string of the molecule is CCc1ncc(CNC2CCC(=O)N(C)C2=O)s1. The lowest BCUT2D eigenvalue weighted by molar-refractivity contribution is -0.148. The maximum atomic E-state index is 11.8. The molecule has 1 fully saturated rings. The van der Waals surface area contributed by atoms with E-state index < -0.39 is 0 Å². The third-order valence-corrected chi connectivity index (χ3v) is 4.22. The molecule has 0 bridgehead atoms. The van der Waals surface area contributed by atoms with Gasteiger partial charge in [0.2, 0.25) is 11.8 Å². The minimum atomic E-state index is -0.250. The Bertz CT molecular complexity index is 458. The second kappa shape index (κ2) is 5.58. The van der Waals surface area contributed by atoms with Crippen molar-refractivity contribution in [3.63, 3.8) is 0 Å². The standard InChI is InChI=1S/C12H17N3O2S/c1-3-10-14-7-8(18-10)6-13-9-4-5-11(16)15(2)12(9)17/h7,9,13H,3-6H2,1-2H3. The molecule has 2 amide bonds. The van der Waals surface area contributed by atoms with Gasteiger partial charge in [0.15, 0.2) is 0 Å². The van der Waals surface area contributed by atoms with Crippen molar-refractivity contribution < 1.29 is 9.59 Å². The number of likely N-dealkylation sites (tertiary alicyclic amines) is 1. The van der Waals surface area contributed by atoms with E-state index in [2.05, 4.69) is 17.2 Å². The minimum Gasteiger partial charge on any atom is -0.301 e. The van der Waals surface area contributed by atoms with Gasteiger partial charge in [-0.2, -0.15) is 0 Å². The molecule has 6 heteroatoms. The summed E-state index contributed by atoms with van der Waals surface area (Å²) in [5.74, 6) is -0.226. The zero-order valence-corrected chi connectivity index (χ0v) is 11.4. The molecule has 1 aromatic rings. The highest BCUT2D eigenvalue weighted by molar-refractivity contribution is 7.11. The van der Waals surface area contributed by atoms with E-state index in [-0.39, 0.29) is 17.9 Å². The lowest BCUT2D eigenvalue weighted by Crippen LogP contribution is -2.51. The summed E-state index contributed by atoms with van der Waals surface area (Å²) in [7, 11) is 1.54. The summed E-state index contributed by atoms with van der Waals surface area (Å²) in [6.45, 7) is 2.71. The molecule has 2 heterocycles. The number of hydrogen-bond donors (Lipinski definition) is 1. The summed E-state index contributed by atoms with van der Waals surface area (Å²) < 4.78 is 0. The molecule has 2 rings (SSSR count). The number of thiazole rings is 1. The second-order valence-corrected chi connectivity index (χ2v) is 5.54. The number of aryl methyl sites for hydroxylation is 1. The molecule has 1 saturated heterocycles. The van der Waals surface area contributed by atoms with Gasteiger partial charge in [-0.1, -0.05) is 6.92 Å². The molecule has 0 aromatic carbocycles. The molecule has 98 valence electrons. The number of hydrogen-bond acceptors (Lipinski definition) is 5. The Hall–Kier alpha value is -1.27. The molecule has 1 aromatic heterocycles. The number of amides is 2. The first kappa shape index (κ1) is 13.2. The summed E-state index contributed by atoms with van der Waals surface area (Å²) in [6.07, 6.45) is 3.80. The van der Waals surface area contributed by atoms with Crippen LogP contribution in [0.5, 0.6) is 0 Å². The van der Waals surface area contributed by atoms with E-state index in [0.717, 1.165) is 16.3 Å². The molecule has 5 nitrogen and oxygen atoms in total. The van der Waals surface area contributed by atoms with Gasteiger partial charge in [-0.15, -0.1) is 11.3 Å². The predicted octanol–water partition coefficient (Wildman–Crippen LogP) is 0.942. The van der Waals surface area contributed by atoms with E-state index in [1.807, 2.05) is 6.20 Å². The number of imide groups is 1. The molecule has 0 radical (unpaired) electrons. The van der Waals surface area contributed by atoms with Crippen LogP contribution in [0.4, 0.5) is 0 Å². The van der Waals surface area contributed by atoms with Crippen molar-refractivity contribution in [1.29, 1.82) is 0 Å². The molecule has 1 N–H and O–H groups in total. The van der Waals surface area contributed by atoms with Crippen molar-refractivity contribution in [2.45, 2.75) is 38.8 Å². The lowest BCUT2D eigenvalue weighted by atomic mass is 10.0. The molecule has 1 unspecified atom stereocenters. The fourth-order valence-corrected chi connectivity index (χ4v) is 2.74. The average Bonchev–Trinajstić information content (AvgIpc) is 2.83. The number of piperidine rings is 1. The highest BCUT2D eigenvalue weighted by Gasteiger charge is 2.31. The fraction of sp³-hybridized carbons (Fsp3) is 0.583. The van der Waals surface area contributed by atoms with Gasteiger partial charge in [0.1, 0.15) is 0 Å². The Balaban J connectivity index is 1.90. The van der Waals surface area contributed by atoms with Crippen molar-refractivity contribution in [3.8, 4) is 0 Å². The normalized spacial score (nSPS) is 20.6. The van der Waals surface area contributed by atoms with E-state index in [0.29, 0.717) is 19.4 Å². The molecule has 1 aliphatic rings. The first-order valence-corrected chi connectivity index (χ1v) is 6.90. The Kier molecular flexibility index (Phi) is 4.08. The monoisotopic (exact) mass is 267 g/mol. The minimum absolute atomic E-state index is 0.0934. The number of likely N-dealkylation sites (N-methyl/N-ethyl adjacent to an activating group) is 1. The lowest BCUT2D eigenvalue weighted by Gasteiger charge is -2.28. The van der Waals surface area contributed by atoms with Gasteiger partial charge in [-0.25, -0.2) is 4.98 Å². The largest absolute Gasteiger partial charge is 0.301 e. The molecule has 1 atom stereocenters. The maximum Gasteiger partial charge on any atom is 0.246 e. The maximum absolute atomic E-state index is 11.8. The third kappa shape index (κ3) is 2.76. The van der Waals surface area contributed by atoms with Crippen LogP contribution in [0, 0.1) is 0 Å². The zero-order valence-electron chi connectivity index (χ0n) is 10.6. The van der Waals surface area contributed by atoms with Gasteiger partial charge in [0, 0.05) is 31.1 Å². The van der Waals surface area contributed by atoms with Crippen LogP contribution >= 0.6 is 11.3 Å². The van der Waals surface area contributed by atoms with E-state index in [1.165, 1.54) is 4.90 Å². The predicted molar refractivity (Wildman–Crippen MR) is 69.1 cm³/mol. The number of carbonyl (C=O) groups excluding carboxylic acids is 2. The van der Waals surface area contributed by atoms with Crippen molar-refractivity contribution in [2.24, 2.45) is 0 Å². The molecule has 1 aliphatic heterocycles. The van der Waals surface area contributed by atoms with Gasteiger partial charge in [0.25, 0.3) is 0 Å². The topological polar surface area (TPSA) is 62.3 Å². The number of aromatic nitrogens is 1. The Labute approximate surface area is 110 Å². The Morgan fingerprint density at radius 1 is 1.56 bits per heavy atom. The molecule has 0 aliphatic carbocycles. The number of carbonyl (C=O) groups is 2. The van der Waals surface area contributed by atoms with Crippen LogP contribution in [0.15, 0.2) is 6.20 Å². The van der Waals surface area contributed by atoms with Gasteiger partial charge < -0.3 is 5.32 Å². The van der Waals surface area contributed by atoms with Crippen molar-refractivity contribution >= 4 is 23.2 Å². The summed E-state index contributed by atoms with van der Waals surface area (Å²) in [5, 5.41) is 4.31. The van der Waals surface area contributed by atoms with Gasteiger partial charge >= 0.3 is 0 Å². The van der Waals surface area contributed by atoms with Gasteiger partial charge in [-0.05, 0) is 12.8 Å². The molecule has 0 saturated carbocycles. The van der Waals surface area contributed by atoms with Crippen LogP contribution in [-0.2, 0) is 22.6 Å². The summed E-state index contributed by atoms with van der Waals surface area (Å²) in [4.78, 5) is 29.8. The van der Waals surface area contributed by atoms with Crippen LogP contribution in [0.25, 0.3) is 0 Å². The van der Waals surface area contributed by atoms with Crippen molar-refractivity contribution in [2.75, 3.05) is 7.05 Å². The first-order chi connectivity index (χ1) is 8.61. The van der Waals surface area contributed by atoms with Crippen molar-refractivity contribution in [3.05, 3.63) is 16.1 Å². The number of rotatable bonds is 4. The highest BCUT2D eigenvalue weighted by atomic mass is 32.1. The van der Waals surface area contributed by atoms with Gasteiger partial charge in [0.05, 0.1) is 11.0 Å². The van der Waals surface area contributed by atoms with Crippen LogP contribution in [0.3, 0.4) is 0 Å². The smallest absolute Gasteiger partial charge is 0.246 e. The summed E-state index contributed by atoms with van der Waals surface area (Å²) in [5.41, 5.74) is 0. The van der Waals surface area contributed by atoms with E-state index >= 15 is 0 Å². The molecule has 18 heavy (non-hydrogen) atoms. The summed E-state index contributed by atoms with van der Waals surface area (Å²) in [6, 6.07) is -0.250. The van der Waals surface area contributed by atoms with Gasteiger partial charge in [-0.3, -0.25) is 14.5 Å². The Morgan fingerprint density at radius 3 is 3.00 bits per heavy atom. The van der Waals surface area contributed by atoms with Crippen LogP contribution in [0.2, 0.25) is 0 Å². The quantitative estimate of drug-likeness (QED) is 0.825. The Morgan fingerprint density at radius 2 is 2.33 bits per heavy atom. The molecular formula is C12H17N3O2S. The fourth-order valence-electron chi connectivity index (χ4n) is 1.92. The van der Waals surface area contributed by atoms with Crippen molar-refractivity contribution in [1.82, 2.24) is 15.2 Å². The van der Waals surface area contributed by atoms with E-state index in [9.17, 15) is 9.59 Å². The average molecular weight is 267 g/mol. The third-order valence-electron chi connectivity index (χ3n) is 3.08. The highest BCUT2D eigenvalue weighted by Crippen LogP contribution is 2.15. The molecule has 0 spiro atoms. The zero-order chi connectivity index (χ0) is 13.1. The van der Waals surface area contributed by atoms with E-state index in [4.69, 9.17) is 0 Å². The second-order valence-electron chi connectivity index (χ2n) is 4.34. The number of nitrogens with one attached hydrogen (secondary N) is 1. The molecular weight excluding hydrogens is 250 g/mol. The summed E-state index contributed by atoms with van der Waals surface area (Å²) >= 11 is 1.66.